The lowest BCUT2D eigenvalue weighted by molar-refractivity contribution is 0.340. The van der Waals surface area contributed by atoms with Crippen LogP contribution in [0.4, 0.5) is 0 Å². The van der Waals surface area contributed by atoms with Gasteiger partial charge in [0.15, 0.2) is 0 Å². The van der Waals surface area contributed by atoms with E-state index in [2.05, 4.69) is 15.5 Å². The van der Waals surface area contributed by atoms with Gasteiger partial charge in [-0.05, 0) is 31.8 Å². The quantitative estimate of drug-likeness (QED) is 0.672. The van der Waals surface area contributed by atoms with Crippen molar-refractivity contribution in [2.45, 2.75) is 19.3 Å². The van der Waals surface area contributed by atoms with E-state index in [-0.39, 0.29) is 0 Å². The molecule has 0 amide bonds. The number of hydrogen-bond acceptors (Lipinski definition) is 4. The maximum Gasteiger partial charge on any atom is 0.434 e. The Morgan fingerprint density at radius 2 is 2.54 bits per heavy atom. The van der Waals surface area contributed by atoms with E-state index in [1.54, 1.807) is 0 Å². The topological polar surface area (TPSA) is 70.9 Å². The summed E-state index contributed by atoms with van der Waals surface area (Å²) < 4.78 is 4.84. The fourth-order valence-corrected chi connectivity index (χ4v) is 1.69. The molecular weight excluding hydrogens is 170 g/mol. The molecule has 0 aliphatic carbocycles. The van der Waals surface area contributed by atoms with Crippen molar-refractivity contribution in [3.63, 3.8) is 0 Å². The second-order valence-corrected chi connectivity index (χ2v) is 3.42. The van der Waals surface area contributed by atoms with Crippen LogP contribution in [0.2, 0.25) is 0 Å². The van der Waals surface area contributed by atoms with Crippen molar-refractivity contribution in [1.82, 2.24) is 15.5 Å². The van der Waals surface area contributed by atoms with Crippen LogP contribution in [-0.2, 0) is 6.42 Å². The highest BCUT2D eigenvalue weighted by Gasteiger charge is 2.15. The van der Waals surface area contributed by atoms with E-state index < -0.39 is 5.76 Å². The molecule has 5 heteroatoms. The van der Waals surface area contributed by atoms with Crippen LogP contribution in [0.1, 0.15) is 18.7 Å². The van der Waals surface area contributed by atoms with E-state index in [9.17, 15) is 4.79 Å². The van der Waals surface area contributed by atoms with Gasteiger partial charge in [-0.1, -0.05) is 0 Å². The molecule has 1 atom stereocenters. The SMILES string of the molecule is O=c1[nH]nc(CC2CCCNC2)o1. The van der Waals surface area contributed by atoms with E-state index in [1.165, 1.54) is 12.8 Å². The molecule has 0 aromatic carbocycles. The molecule has 0 bridgehead atoms. The van der Waals surface area contributed by atoms with E-state index in [4.69, 9.17) is 4.42 Å². The molecule has 2 heterocycles. The maximum absolute atomic E-state index is 10.6. The normalized spacial score (nSPS) is 23.2. The molecular formula is C8H13N3O2. The number of hydrogen-bond donors (Lipinski definition) is 2. The van der Waals surface area contributed by atoms with Gasteiger partial charge in [-0.3, -0.25) is 0 Å². The van der Waals surface area contributed by atoms with Gasteiger partial charge >= 0.3 is 5.76 Å². The number of aromatic amines is 1. The molecule has 72 valence electrons. The first kappa shape index (κ1) is 8.50. The lowest BCUT2D eigenvalue weighted by atomic mass is 9.96. The van der Waals surface area contributed by atoms with Crippen LogP contribution in [0.3, 0.4) is 0 Å². The van der Waals surface area contributed by atoms with Crippen LogP contribution in [0, 0.1) is 5.92 Å². The highest BCUT2D eigenvalue weighted by Crippen LogP contribution is 2.13. The predicted octanol–water partition coefficient (Wildman–Crippen LogP) is -0.0950. The minimum Gasteiger partial charge on any atom is -0.392 e. The standard InChI is InChI=1S/C8H13N3O2/c12-8-11-10-7(13-8)4-6-2-1-3-9-5-6/h6,9H,1-5H2,(H,11,12). The Morgan fingerprint density at radius 1 is 1.62 bits per heavy atom. The van der Waals surface area contributed by atoms with Gasteiger partial charge in [0.1, 0.15) is 0 Å². The summed E-state index contributed by atoms with van der Waals surface area (Å²) in [6, 6.07) is 0. The van der Waals surface area contributed by atoms with Gasteiger partial charge in [-0.15, -0.1) is 5.10 Å². The van der Waals surface area contributed by atoms with Crippen LogP contribution >= 0.6 is 0 Å². The summed E-state index contributed by atoms with van der Waals surface area (Å²) in [6.07, 6.45) is 3.13. The molecule has 0 spiro atoms. The van der Waals surface area contributed by atoms with E-state index in [0.717, 1.165) is 19.5 Å². The third kappa shape index (κ3) is 2.18. The second kappa shape index (κ2) is 3.74. The lowest BCUT2D eigenvalue weighted by Gasteiger charge is -2.20. The fourth-order valence-electron chi connectivity index (χ4n) is 1.69. The van der Waals surface area contributed by atoms with Gasteiger partial charge in [0.2, 0.25) is 5.89 Å². The monoisotopic (exact) mass is 183 g/mol. The van der Waals surface area contributed by atoms with Crippen molar-refractivity contribution in [3.8, 4) is 0 Å². The summed E-state index contributed by atoms with van der Waals surface area (Å²) in [7, 11) is 0. The Kier molecular flexibility index (Phi) is 2.44. The molecule has 5 nitrogen and oxygen atoms in total. The second-order valence-electron chi connectivity index (χ2n) is 3.42. The third-order valence-corrected chi connectivity index (χ3v) is 2.34. The van der Waals surface area contributed by atoms with E-state index in [0.29, 0.717) is 11.8 Å². The number of nitrogens with one attached hydrogen (secondary N) is 2. The van der Waals surface area contributed by atoms with Crippen molar-refractivity contribution < 1.29 is 4.42 Å². The Morgan fingerprint density at radius 3 is 3.15 bits per heavy atom. The van der Waals surface area contributed by atoms with Crippen LogP contribution in [0.15, 0.2) is 9.21 Å². The number of nitrogens with zero attached hydrogens (tertiary/aromatic N) is 1. The Balaban J connectivity index is 1.93. The molecule has 1 aliphatic heterocycles. The van der Waals surface area contributed by atoms with E-state index in [1.807, 2.05) is 0 Å². The van der Waals surface area contributed by atoms with E-state index >= 15 is 0 Å². The summed E-state index contributed by atoms with van der Waals surface area (Å²) in [6.45, 7) is 2.09. The summed E-state index contributed by atoms with van der Waals surface area (Å²) in [4.78, 5) is 10.6. The molecule has 2 N–H and O–H groups in total. The van der Waals surface area contributed by atoms with Crippen LogP contribution in [-0.4, -0.2) is 23.3 Å². The van der Waals surface area contributed by atoms with Crippen molar-refractivity contribution in [2.24, 2.45) is 5.92 Å². The highest BCUT2D eigenvalue weighted by atomic mass is 16.4. The zero-order chi connectivity index (χ0) is 9.10. The molecule has 1 unspecified atom stereocenters. The van der Waals surface area contributed by atoms with Crippen molar-refractivity contribution in [2.75, 3.05) is 13.1 Å². The minimum atomic E-state index is -0.459. The molecule has 2 rings (SSSR count). The molecule has 0 saturated carbocycles. The zero-order valence-corrected chi connectivity index (χ0v) is 7.38. The average molecular weight is 183 g/mol. The first-order chi connectivity index (χ1) is 6.34. The number of H-pyrrole nitrogens is 1. The van der Waals surface area contributed by atoms with Crippen molar-refractivity contribution >= 4 is 0 Å². The lowest BCUT2D eigenvalue weighted by Crippen LogP contribution is -2.30. The van der Waals surface area contributed by atoms with Crippen LogP contribution in [0.25, 0.3) is 0 Å². The molecule has 1 aliphatic rings. The summed E-state index contributed by atoms with van der Waals surface area (Å²) in [5.74, 6) is 0.623. The first-order valence-electron chi connectivity index (χ1n) is 4.59. The average Bonchev–Trinajstić information content (AvgIpc) is 2.53. The zero-order valence-electron chi connectivity index (χ0n) is 7.38. The van der Waals surface area contributed by atoms with Crippen molar-refractivity contribution in [3.05, 3.63) is 16.4 Å². The van der Waals surface area contributed by atoms with Gasteiger partial charge in [0.25, 0.3) is 0 Å². The van der Waals surface area contributed by atoms with Crippen LogP contribution < -0.4 is 11.1 Å². The summed E-state index contributed by atoms with van der Waals surface area (Å²) in [5, 5.41) is 9.35. The van der Waals surface area contributed by atoms with Gasteiger partial charge in [0.05, 0.1) is 0 Å². The largest absolute Gasteiger partial charge is 0.434 e. The number of piperidine rings is 1. The molecule has 0 radical (unpaired) electrons. The number of rotatable bonds is 2. The molecule has 1 aromatic heterocycles. The van der Waals surface area contributed by atoms with Gasteiger partial charge in [0, 0.05) is 6.42 Å². The predicted molar refractivity (Wildman–Crippen MR) is 46.4 cm³/mol. The molecule has 1 aromatic rings. The molecule has 1 saturated heterocycles. The summed E-state index contributed by atoms with van der Waals surface area (Å²) >= 11 is 0. The maximum atomic E-state index is 10.6. The fraction of sp³-hybridized carbons (Fsp3) is 0.750. The highest BCUT2D eigenvalue weighted by molar-refractivity contribution is 4.81. The minimum absolute atomic E-state index is 0.459. The number of aromatic nitrogens is 2. The molecule has 13 heavy (non-hydrogen) atoms. The Labute approximate surface area is 75.5 Å². The van der Waals surface area contributed by atoms with Gasteiger partial charge in [-0.2, -0.15) is 0 Å². The molecule has 1 fully saturated rings. The first-order valence-corrected chi connectivity index (χ1v) is 4.59. The van der Waals surface area contributed by atoms with Crippen LogP contribution in [0.5, 0.6) is 0 Å². The van der Waals surface area contributed by atoms with Crippen molar-refractivity contribution in [1.29, 1.82) is 0 Å². The smallest absolute Gasteiger partial charge is 0.392 e. The van der Waals surface area contributed by atoms with Gasteiger partial charge in [-0.25, -0.2) is 9.89 Å². The Bertz CT molecular complexity index is 311. The van der Waals surface area contributed by atoms with Gasteiger partial charge < -0.3 is 9.73 Å². The summed E-state index contributed by atoms with van der Waals surface area (Å²) in [5.41, 5.74) is 0. The Hall–Kier alpha value is -1.10. The third-order valence-electron chi connectivity index (χ3n) is 2.34.